The standard InChI is InChI=1S/C12H17NOS/c14-10-6-9(7-10)13-12(8-3-4-8)11-2-1-5-15-11/h1-2,5,8-10,12-14H,3-4,6-7H2. The van der Waals surface area contributed by atoms with E-state index >= 15 is 0 Å². The van der Waals surface area contributed by atoms with E-state index in [2.05, 4.69) is 22.8 Å². The van der Waals surface area contributed by atoms with Crippen molar-refractivity contribution in [3.8, 4) is 0 Å². The maximum Gasteiger partial charge on any atom is 0.0570 e. The molecule has 1 aromatic heterocycles. The van der Waals surface area contributed by atoms with Gasteiger partial charge in [-0.25, -0.2) is 0 Å². The molecule has 1 aromatic rings. The van der Waals surface area contributed by atoms with Gasteiger partial charge in [-0.15, -0.1) is 11.3 Å². The van der Waals surface area contributed by atoms with Gasteiger partial charge in [-0.2, -0.15) is 0 Å². The van der Waals surface area contributed by atoms with E-state index in [0.29, 0.717) is 12.1 Å². The molecule has 0 aromatic carbocycles. The van der Waals surface area contributed by atoms with Crippen LogP contribution in [0.3, 0.4) is 0 Å². The van der Waals surface area contributed by atoms with E-state index in [1.807, 2.05) is 11.3 Å². The molecule has 0 saturated heterocycles. The molecular formula is C12H17NOS. The van der Waals surface area contributed by atoms with E-state index in [1.165, 1.54) is 17.7 Å². The number of hydrogen-bond acceptors (Lipinski definition) is 3. The minimum absolute atomic E-state index is 0.0503. The number of nitrogens with one attached hydrogen (secondary N) is 1. The molecular weight excluding hydrogens is 206 g/mol. The first-order valence-electron chi connectivity index (χ1n) is 5.80. The molecule has 15 heavy (non-hydrogen) atoms. The lowest BCUT2D eigenvalue weighted by Crippen LogP contribution is -2.45. The van der Waals surface area contributed by atoms with Crippen LogP contribution in [0.25, 0.3) is 0 Å². The quantitative estimate of drug-likeness (QED) is 0.821. The van der Waals surface area contributed by atoms with Crippen LogP contribution in [0.4, 0.5) is 0 Å². The Morgan fingerprint density at radius 1 is 1.40 bits per heavy atom. The lowest BCUT2D eigenvalue weighted by molar-refractivity contribution is 0.0565. The average Bonchev–Trinajstić information content (AvgIpc) is 2.86. The van der Waals surface area contributed by atoms with Gasteiger partial charge in [-0.05, 0) is 43.0 Å². The fourth-order valence-corrected chi connectivity index (χ4v) is 3.20. The number of thiophene rings is 1. The van der Waals surface area contributed by atoms with Crippen molar-refractivity contribution in [3.63, 3.8) is 0 Å². The Morgan fingerprint density at radius 3 is 2.73 bits per heavy atom. The third-order valence-electron chi connectivity index (χ3n) is 3.47. The van der Waals surface area contributed by atoms with Gasteiger partial charge in [-0.1, -0.05) is 6.07 Å². The van der Waals surface area contributed by atoms with Crippen LogP contribution in [0.5, 0.6) is 0 Å². The Bertz CT molecular complexity index is 314. The van der Waals surface area contributed by atoms with E-state index in [4.69, 9.17) is 0 Å². The molecule has 2 saturated carbocycles. The molecule has 1 atom stereocenters. The summed E-state index contributed by atoms with van der Waals surface area (Å²) >= 11 is 1.85. The summed E-state index contributed by atoms with van der Waals surface area (Å²) in [6.07, 6.45) is 4.56. The SMILES string of the molecule is OC1CC(NC(c2cccs2)C2CC2)C1. The number of aliphatic hydroxyl groups excluding tert-OH is 1. The Kier molecular flexibility index (Phi) is 2.54. The molecule has 1 unspecified atom stereocenters. The van der Waals surface area contributed by atoms with Gasteiger partial charge in [0.05, 0.1) is 6.10 Å². The maximum atomic E-state index is 9.28. The van der Waals surface area contributed by atoms with E-state index in [-0.39, 0.29) is 6.10 Å². The largest absolute Gasteiger partial charge is 0.393 e. The Labute approximate surface area is 94.3 Å². The van der Waals surface area contributed by atoms with Crippen molar-refractivity contribution in [2.24, 2.45) is 5.92 Å². The van der Waals surface area contributed by atoms with Gasteiger partial charge in [0, 0.05) is 17.0 Å². The van der Waals surface area contributed by atoms with Crippen LogP contribution in [0.1, 0.15) is 36.6 Å². The normalized spacial score (nSPS) is 32.3. The van der Waals surface area contributed by atoms with E-state index < -0.39 is 0 Å². The molecule has 82 valence electrons. The molecule has 0 spiro atoms. The number of aliphatic hydroxyl groups is 1. The Hall–Kier alpha value is -0.380. The molecule has 2 N–H and O–H groups in total. The van der Waals surface area contributed by atoms with Gasteiger partial charge in [0.15, 0.2) is 0 Å². The third-order valence-corrected chi connectivity index (χ3v) is 4.43. The highest BCUT2D eigenvalue weighted by atomic mass is 32.1. The second-order valence-corrected chi connectivity index (χ2v) is 5.80. The Balaban J connectivity index is 1.64. The molecule has 0 radical (unpaired) electrons. The second-order valence-electron chi connectivity index (χ2n) is 4.82. The molecule has 2 nitrogen and oxygen atoms in total. The van der Waals surface area contributed by atoms with Crippen LogP contribution in [-0.4, -0.2) is 17.3 Å². The maximum absolute atomic E-state index is 9.28. The summed E-state index contributed by atoms with van der Waals surface area (Å²) < 4.78 is 0. The highest BCUT2D eigenvalue weighted by molar-refractivity contribution is 7.10. The first kappa shape index (κ1) is 9.82. The molecule has 2 aliphatic carbocycles. The lowest BCUT2D eigenvalue weighted by atomic mass is 9.88. The van der Waals surface area contributed by atoms with Crippen molar-refractivity contribution >= 4 is 11.3 Å². The molecule has 2 aliphatic rings. The van der Waals surface area contributed by atoms with Gasteiger partial charge in [0.2, 0.25) is 0 Å². The number of rotatable bonds is 4. The fourth-order valence-electron chi connectivity index (χ4n) is 2.33. The zero-order chi connectivity index (χ0) is 10.3. The summed E-state index contributed by atoms with van der Waals surface area (Å²) in [4.78, 5) is 1.47. The summed E-state index contributed by atoms with van der Waals surface area (Å²) in [5.41, 5.74) is 0. The van der Waals surface area contributed by atoms with Crippen molar-refractivity contribution in [3.05, 3.63) is 22.4 Å². The van der Waals surface area contributed by atoms with Crippen molar-refractivity contribution in [1.82, 2.24) is 5.32 Å². The fraction of sp³-hybridized carbons (Fsp3) is 0.667. The van der Waals surface area contributed by atoms with Crippen molar-refractivity contribution in [1.29, 1.82) is 0 Å². The summed E-state index contributed by atoms with van der Waals surface area (Å²) in [7, 11) is 0. The lowest BCUT2D eigenvalue weighted by Gasteiger charge is -2.35. The van der Waals surface area contributed by atoms with Crippen LogP contribution in [0.2, 0.25) is 0 Å². The van der Waals surface area contributed by atoms with Gasteiger partial charge in [-0.3, -0.25) is 0 Å². The molecule has 1 heterocycles. The topological polar surface area (TPSA) is 32.3 Å². The smallest absolute Gasteiger partial charge is 0.0570 e. The minimum atomic E-state index is -0.0503. The molecule has 3 heteroatoms. The Morgan fingerprint density at radius 2 is 2.20 bits per heavy atom. The van der Waals surface area contributed by atoms with Gasteiger partial charge in [0.25, 0.3) is 0 Å². The first-order chi connectivity index (χ1) is 7.33. The van der Waals surface area contributed by atoms with Gasteiger partial charge in [0.1, 0.15) is 0 Å². The number of hydrogen-bond donors (Lipinski definition) is 2. The minimum Gasteiger partial charge on any atom is -0.393 e. The van der Waals surface area contributed by atoms with Gasteiger partial charge < -0.3 is 10.4 Å². The summed E-state index contributed by atoms with van der Waals surface area (Å²) in [5, 5.41) is 15.1. The molecule has 0 aliphatic heterocycles. The molecule has 0 amide bonds. The molecule has 0 bridgehead atoms. The highest BCUT2D eigenvalue weighted by Crippen LogP contribution is 2.43. The van der Waals surface area contributed by atoms with E-state index in [0.717, 1.165) is 18.8 Å². The van der Waals surface area contributed by atoms with Crippen molar-refractivity contribution < 1.29 is 5.11 Å². The van der Waals surface area contributed by atoms with Crippen LogP contribution in [0.15, 0.2) is 17.5 Å². The van der Waals surface area contributed by atoms with Crippen LogP contribution in [-0.2, 0) is 0 Å². The van der Waals surface area contributed by atoms with E-state index in [1.54, 1.807) is 0 Å². The summed E-state index contributed by atoms with van der Waals surface area (Å²) in [5.74, 6) is 0.849. The third kappa shape index (κ3) is 2.10. The predicted octanol–water partition coefficient (Wildman–Crippen LogP) is 2.31. The second kappa shape index (κ2) is 3.89. The zero-order valence-corrected chi connectivity index (χ0v) is 9.54. The molecule has 2 fully saturated rings. The molecule has 3 rings (SSSR count). The zero-order valence-electron chi connectivity index (χ0n) is 8.73. The van der Waals surface area contributed by atoms with Crippen molar-refractivity contribution in [2.45, 2.75) is 43.9 Å². The monoisotopic (exact) mass is 223 g/mol. The van der Waals surface area contributed by atoms with E-state index in [9.17, 15) is 5.11 Å². The first-order valence-corrected chi connectivity index (χ1v) is 6.68. The highest BCUT2D eigenvalue weighted by Gasteiger charge is 2.37. The van der Waals surface area contributed by atoms with Crippen LogP contribution < -0.4 is 5.32 Å². The van der Waals surface area contributed by atoms with Crippen molar-refractivity contribution in [2.75, 3.05) is 0 Å². The summed E-state index contributed by atoms with van der Waals surface area (Å²) in [6, 6.07) is 5.47. The predicted molar refractivity (Wildman–Crippen MR) is 61.9 cm³/mol. The summed E-state index contributed by atoms with van der Waals surface area (Å²) in [6.45, 7) is 0. The van der Waals surface area contributed by atoms with Gasteiger partial charge >= 0.3 is 0 Å². The van der Waals surface area contributed by atoms with Crippen LogP contribution >= 0.6 is 11.3 Å². The average molecular weight is 223 g/mol. The van der Waals surface area contributed by atoms with Crippen LogP contribution in [0, 0.1) is 5.92 Å².